The number of halogens is 1. The number of carbonyl (C=O) groups is 1. The van der Waals surface area contributed by atoms with Gasteiger partial charge in [0, 0.05) is 17.3 Å². The van der Waals surface area contributed by atoms with E-state index in [0.717, 1.165) is 16.8 Å². The number of hydrogen-bond acceptors (Lipinski definition) is 3. The molecule has 1 aliphatic heterocycles. The maximum atomic E-state index is 11.6. The smallest absolute Gasteiger partial charge is 0.220 e. The molecule has 5 heteroatoms. The van der Waals surface area contributed by atoms with Crippen LogP contribution in [0.1, 0.15) is 30.6 Å². The van der Waals surface area contributed by atoms with E-state index in [1.165, 1.54) is 17.7 Å². The summed E-state index contributed by atoms with van der Waals surface area (Å²) in [6.45, 7) is 1.75. The van der Waals surface area contributed by atoms with Crippen LogP contribution in [0.4, 0.5) is 0 Å². The van der Waals surface area contributed by atoms with Crippen LogP contribution in [0.3, 0.4) is 0 Å². The van der Waals surface area contributed by atoms with Crippen LogP contribution >= 0.6 is 27.3 Å². The maximum absolute atomic E-state index is 11.6. The van der Waals surface area contributed by atoms with Gasteiger partial charge in [0.05, 0.1) is 10.3 Å². The zero-order valence-electron chi connectivity index (χ0n) is 9.67. The van der Waals surface area contributed by atoms with Gasteiger partial charge in [-0.25, -0.2) is 0 Å². The molecule has 2 heterocycles. The molecule has 1 aliphatic rings. The molecule has 1 unspecified atom stereocenters. The summed E-state index contributed by atoms with van der Waals surface area (Å²) in [5.74, 6) is 0.156. The summed E-state index contributed by atoms with van der Waals surface area (Å²) in [6.07, 6.45) is 4.05. The van der Waals surface area contributed by atoms with Crippen molar-refractivity contribution in [2.45, 2.75) is 38.3 Å². The summed E-state index contributed by atoms with van der Waals surface area (Å²) in [6, 6.07) is 4.60. The highest BCUT2D eigenvalue weighted by Crippen LogP contribution is 2.21. The van der Waals surface area contributed by atoms with Gasteiger partial charge in [0.2, 0.25) is 5.91 Å². The van der Waals surface area contributed by atoms with Crippen molar-refractivity contribution in [2.24, 2.45) is 0 Å². The van der Waals surface area contributed by atoms with Crippen molar-refractivity contribution in [1.29, 1.82) is 0 Å². The van der Waals surface area contributed by atoms with Crippen LogP contribution in [0.5, 0.6) is 0 Å². The van der Waals surface area contributed by atoms with Crippen LogP contribution in [-0.4, -0.2) is 18.5 Å². The van der Waals surface area contributed by atoms with Crippen molar-refractivity contribution in [3.63, 3.8) is 0 Å². The van der Waals surface area contributed by atoms with Crippen molar-refractivity contribution in [1.82, 2.24) is 10.6 Å². The van der Waals surface area contributed by atoms with Crippen LogP contribution in [0.15, 0.2) is 15.9 Å². The highest BCUT2D eigenvalue weighted by Gasteiger charge is 2.15. The average Bonchev–Trinajstić information content (AvgIpc) is 2.95. The van der Waals surface area contributed by atoms with Crippen LogP contribution in [0.2, 0.25) is 0 Å². The zero-order chi connectivity index (χ0) is 12.1. The van der Waals surface area contributed by atoms with Crippen LogP contribution in [0, 0.1) is 0 Å². The Hall–Kier alpha value is -0.390. The van der Waals surface area contributed by atoms with Gasteiger partial charge in [-0.3, -0.25) is 4.79 Å². The van der Waals surface area contributed by atoms with Crippen molar-refractivity contribution in [2.75, 3.05) is 6.54 Å². The van der Waals surface area contributed by atoms with Crippen LogP contribution < -0.4 is 10.6 Å². The second-order valence-electron chi connectivity index (χ2n) is 4.31. The minimum Gasteiger partial charge on any atom is -0.351 e. The molecule has 0 bridgehead atoms. The quantitative estimate of drug-likeness (QED) is 0.877. The van der Waals surface area contributed by atoms with E-state index < -0.39 is 0 Å². The van der Waals surface area contributed by atoms with Crippen LogP contribution in [0.25, 0.3) is 0 Å². The first-order chi connectivity index (χ1) is 8.24. The molecule has 1 aromatic rings. The largest absolute Gasteiger partial charge is 0.351 e. The van der Waals surface area contributed by atoms with Gasteiger partial charge in [-0.1, -0.05) is 0 Å². The Morgan fingerprint density at radius 1 is 1.59 bits per heavy atom. The summed E-state index contributed by atoms with van der Waals surface area (Å²) in [4.78, 5) is 12.8. The molecule has 0 aromatic carbocycles. The molecular weight excluding hydrogens is 300 g/mol. The molecule has 0 spiro atoms. The Balaban J connectivity index is 1.63. The van der Waals surface area contributed by atoms with E-state index in [1.807, 2.05) is 12.1 Å². The first-order valence-electron chi connectivity index (χ1n) is 5.98. The number of hydrogen-bond donors (Lipinski definition) is 2. The topological polar surface area (TPSA) is 41.1 Å². The fourth-order valence-corrected chi connectivity index (χ4v) is 3.45. The third-order valence-electron chi connectivity index (χ3n) is 2.97. The molecule has 1 aromatic heterocycles. The lowest BCUT2D eigenvalue weighted by molar-refractivity contribution is -0.121. The number of amides is 1. The Labute approximate surface area is 114 Å². The van der Waals surface area contributed by atoms with Gasteiger partial charge < -0.3 is 10.6 Å². The Kier molecular flexibility index (Phi) is 5.00. The molecule has 0 saturated carbocycles. The lowest BCUT2D eigenvalue weighted by Gasteiger charge is -2.09. The summed E-state index contributed by atoms with van der Waals surface area (Å²) in [7, 11) is 0. The lowest BCUT2D eigenvalue weighted by atomic mass is 10.1. The predicted octanol–water partition coefficient (Wildman–Crippen LogP) is 2.66. The minimum atomic E-state index is 0.156. The standard InChI is InChI=1S/C12H17BrN2OS/c13-11-5-4-10(17-11)8-15-12(16)6-3-9-2-1-7-14-9/h4-5,9,14H,1-3,6-8H2,(H,15,16). The van der Waals surface area contributed by atoms with E-state index in [2.05, 4.69) is 26.6 Å². The van der Waals surface area contributed by atoms with Crippen molar-refractivity contribution in [3.8, 4) is 0 Å². The molecule has 0 aliphatic carbocycles. The molecule has 1 amide bonds. The average molecular weight is 317 g/mol. The summed E-state index contributed by atoms with van der Waals surface area (Å²) in [5.41, 5.74) is 0. The van der Waals surface area contributed by atoms with Gasteiger partial charge in [-0.15, -0.1) is 11.3 Å². The molecular formula is C12H17BrN2OS. The minimum absolute atomic E-state index is 0.156. The van der Waals surface area contributed by atoms with Gasteiger partial charge >= 0.3 is 0 Å². The Morgan fingerprint density at radius 2 is 2.47 bits per heavy atom. The number of nitrogens with one attached hydrogen (secondary N) is 2. The van der Waals surface area contributed by atoms with E-state index in [4.69, 9.17) is 0 Å². The SMILES string of the molecule is O=C(CCC1CCCN1)NCc1ccc(Br)s1. The van der Waals surface area contributed by atoms with E-state index >= 15 is 0 Å². The number of thiophene rings is 1. The number of rotatable bonds is 5. The molecule has 2 rings (SSSR count). The van der Waals surface area contributed by atoms with Gasteiger partial charge in [0.1, 0.15) is 0 Å². The molecule has 1 fully saturated rings. The van der Waals surface area contributed by atoms with Gasteiger partial charge in [0.15, 0.2) is 0 Å². The number of carbonyl (C=O) groups excluding carboxylic acids is 1. The molecule has 17 heavy (non-hydrogen) atoms. The van der Waals surface area contributed by atoms with Gasteiger partial charge in [-0.2, -0.15) is 0 Å². The third-order valence-corrected chi connectivity index (χ3v) is 4.59. The van der Waals surface area contributed by atoms with Crippen molar-refractivity contribution >= 4 is 33.2 Å². The van der Waals surface area contributed by atoms with Gasteiger partial charge in [0.25, 0.3) is 0 Å². The van der Waals surface area contributed by atoms with E-state index in [1.54, 1.807) is 11.3 Å². The van der Waals surface area contributed by atoms with Crippen LogP contribution in [-0.2, 0) is 11.3 Å². The summed E-state index contributed by atoms with van der Waals surface area (Å²) < 4.78 is 1.11. The summed E-state index contributed by atoms with van der Waals surface area (Å²) >= 11 is 5.07. The Morgan fingerprint density at radius 3 is 3.12 bits per heavy atom. The molecule has 1 atom stereocenters. The fraction of sp³-hybridized carbons (Fsp3) is 0.583. The van der Waals surface area contributed by atoms with Gasteiger partial charge in [-0.05, 0) is 53.9 Å². The molecule has 94 valence electrons. The van der Waals surface area contributed by atoms with E-state index in [9.17, 15) is 4.79 Å². The second kappa shape index (κ2) is 6.52. The first kappa shape index (κ1) is 13.1. The van der Waals surface area contributed by atoms with E-state index in [-0.39, 0.29) is 5.91 Å². The molecule has 0 radical (unpaired) electrons. The summed E-state index contributed by atoms with van der Waals surface area (Å²) in [5, 5.41) is 6.36. The predicted molar refractivity (Wildman–Crippen MR) is 74.1 cm³/mol. The monoisotopic (exact) mass is 316 g/mol. The van der Waals surface area contributed by atoms with Crippen molar-refractivity contribution < 1.29 is 4.79 Å². The second-order valence-corrected chi connectivity index (χ2v) is 6.86. The normalized spacial score (nSPS) is 19.5. The molecule has 2 N–H and O–H groups in total. The molecule has 1 saturated heterocycles. The fourth-order valence-electron chi connectivity index (χ4n) is 2.03. The maximum Gasteiger partial charge on any atom is 0.220 e. The molecule has 3 nitrogen and oxygen atoms in total. The highest BCUT2D eigenvalue weighted by atomic mass is 79.9. The zero-order valence-corrected chi connectivity index (χ0v) is 12.1. The Bertz CT molecular complexity index is 374. The lowest BCUT2D eigenvalue weighted by Crippen LogP contribution is -2.26. The third kappa shape index (κ3) is 4.41. The van der Waals surface area contributed by atoms with E-state index in [0.29, 0.717) is 19.0 Å². The first-order valence-corrected chi connectivity index (χ1v) is 7.59. The highest BCUT2D eigenvalue weighted by molar-refractivity contribution is 9.11. The van der Waals surface area contributed by atoms with Crippen molar-refractivity contribution in [3.05, 3.63) is 20.8 Å².